The molecule has 1 aliphatic rings. The fourth-order valence-corrected chi connectivity index (χ4v) is 3.04. The highest BCUT2D eigenvalue weighted by atomic mass is 19.1. The topological polar surface area (TPSA) is 49.3 Å². The quantitative estimate of drug-likeness (QED) is 0.869. The van der Waals surface area contributed by atoms with Crippen LogP contribution in [0.1, 0.15) is 34.1 Å². The molecule has 0 spiro atoms. The van der Waals surface area contributed by atoms with E-state index < -0.39 is 5.82 Å². The lowest BCUT2D eigenvalue weighted by Crippen LogP contribution is -2.28. The Morgan fingerprint density at radius 1 is 1.29 bits per heavy atom. The summed E-state index contributed by atoms with van der Waals surface area (Å²) < 4.78 is 13.3. The molecular weight excluding hydrogens is 307 g/mol. The van der Waals surface area contributed by atoms with Gasteiger partial charge >= 0.3 is 0 Å². The lowest BCUT2D eigenvalue weighted by molar-refractivity contribution is 0.0789. The van der Waals surface area contributed by atoms with E-state index in [0.29, 0.717) is 18.7 Å². The number of rotatable bonds is 3. The lowest BCUT2D eigenvalue weighted by atomic mass is 10.0. The molecule has 6 heteroatoms. The maximum atomic E-state index is 13.3. The van der Waals surface area contributed by atoms with Crippen molar-refractivity contribution < 1.29 is 9.18 Å². The van der Waals surface area contributed by atoms with Crippen molar-refractivity contribution in [3.8, 4) is 0 Å². The molecule has 0 N–H and O–H groups in total. The second-order valence-electron chi connectivity index (χ2n) is 6.41. The molecule has 1 saturated heterocycles. The van der Waals surface area contributed by atoms with E-state index >= 15 is 0 Å². The third-order valence-corrected chi connectivity index (χ3v) is 4.32. The minimum absolute atomic E-state index is 0.176. The Morgan fingerprint density at radius 2 is 2.08 bits per heavy atom. The average Bonchev–Trinajstić information content (AvgIpc) is 3.03. The molecule has 0 bridgehead atoms. The van der Waals surface area contributed by atoms with Crippen molar-refractivity contribution in [3.05, 3.63) is 53.4 Å². The number of aromatic nitrogens is 2. The maximum absolute atomic E-state index is 13.3. The van der Waals surface area contributed by atoms with Crippen LogP contribution in [0.2, 0.25) is 0 Å². The smallest absolute Gasteiger partial charge is 0.255 e. The van der Waals surface area contributed by atoms with Gasteiger partial charge in [-0.05, 0) is 31.5 Å². The van der Waals surface area contributed by atoms with Gasteiger partial charge in [-0.1, -0.05) is 0 Å². The van der Waals surface area contributed by atoms with Gasteiger partial charge in [0.2, 0.25) is 0 Å². The van der Waals surface area contributed by atoms with E-state index in [1.165, 1.54) is 12.3 Å². The van der Waals surface area contributed by atoms with Crippen LogP contribution >= 0.6 is 0 Å². The van der Waals surface area contributed by atoms with E-state index in [4.69, 9.17) is 0 Å². The van der Waals surface area contributed by atoms with Crippen molar-refractivity contribution in [2.75, 3.05) is 32.1 Å². The highest BCUT2D eigenvalue weighted by Crippen LogP contribution is 2.29. The van der Waals surface area contributed by atoms with E-state index in [1.54, 1.807) is 4.90 Å². The van der Waals surface area contributed by atoms with Crippen LogP contribution in [-0.4, -0.2) is 48.0 Å². The highest BCUT2D eigenvalue weighted by Gasteiger charge is 2.29. The van der Waals surface area contributed by atoms with Crippen molar-refractivity contribution in [3.63, 3.8) is 0 Å². The molecule has 5 nitrogen and oxygen atoms in total. The third-order valence-electron chi connectivity index (χ3n) is 4.32. The SMILES string of the molecule is Cc1cc(N(C)C)cc(C2CCN(C(=O)c3cncc(F)c3)C2)n1. The Hall–Kier alpha value is -2.50. The number of anilines is 1. The molecule has 0 aromatic carbocycles. The van der Waals surface area contributed by atoms with Gasteiger partial charge in [0.05, 0.1) is 11.8 Å². The zero-order valence-electron chi connectivity index (χ0n) is 14.2. The van der Waals surface area contributed by atoms with Gasteiger partial charge in [-0.2, -0.15) is 0 Å². The summed E-state index contributed by atoms with van der Waals surface area (Å²) in [7, 11) is 4.00. The first-order chi connectivity index (χ1) is 11.4. The Kier molecular flexibility index (Phi) is 4.46. The summed E-state index contributed by atoms with van der Waals surface area (Å²) >= 11 is 0. The molecule has 3 rings (SSSR count). The normalized spacial score (nSPS) is 17.2. The molecule has 0 saturated carbocycles. The van der Waals surface area contributed by atoms with Crippen LogP contribution in [0, 0.1) is 12.7 Å². The van der Waals surface area contributed by atoms with Gasteiger partial charge in [-0.25, -0.2) is 4.39 Å². The van der Waals surface area contributed by atoms with Gasteiger partial charge in [-0.3, -0.25) is 14.8 Å². The predicted octanol–water partition coefficient (Wildman–Crippen LogP) is 2.62. The first-order valence-corrected chi connectivity index (χ1v) is 8.00. The van der Waals surface area contributed by atoms with Gasteiger partial charge in [0.15, 0.2) is 0 Å². The number of carbonyl (C=O) groups excluding carboxylic acids is 1. The second kappa shape index (κ2) is 6.55. The van der Waals surface area contributed by atoms with Crippen molar-refractivity contribution in [2.45, 2.75) is 19.3 Å². The Bertz CT molecular complexity index is 762. The molecule has 3 heterocycles. The zero-order valence-corrected chi connectivity index (χ0v) is 14.2. The monoisotopic (exact) mass is 328 g/mol. The number of carbonyl (C=O) groups is 1. The molecule has 0 aliphatic carbocycles. The summed E-state index contributed by atoms with van der Waals surface area (Å²) in [5.41, 5.74) is 3.38. The molecule has 1 amide bonds. The second-order valence-corrected chi connectivity index (χ2v) is 6.41. The minimum atomic E-state index is -0.493. The fraction of sp³-hybridized carbons (Fsp3) is 0.389. The molecule has 126 valence electrons. The third kappa shape index (κ3) is 3.37. The number of hydrogen-bond acceptors (Lipinski definition) is 4. The maximum Gasteiger partial charge on any atom is 0.255 e. The summed E-state index contributed by atoms with van der Waals surface area (Å²) in [5.74, 6) is -0.466. The Balaban J connectivity index is 1.77. The van der Waals surface area contributed by atoms with Crippen LogP contribution in [-0.2, 0) is 0 Å². The summed E-state index contributed by atoms with van der Waals surface area (Å²) in [6, 6.07) is 5.35. The number of likely N-dealkylation sites (tertiary alicyclic amines) is 1. The van der Waals surface area contributed by atoms with Crippen molar-refractivity contribution >= 4 is 11.6 Å². The number of pyridine rings is 2. The van der Waals surface area contributed by atoms with Crippen LogP contribution in [0.4, 0.5) is 10.1 Å². The standard InChI is InChI=1S/C18H21FN4O/c1-12-6-16(22(2)3)8-17(21-12)13-4-5-23(11-13)18(24)14-7-15(19)10-20-9-14/h6-10,13H,4-5,11H2,1-3H3. The van der Waals surface area contributed by atoms with Crippen molar-refractivity contribution in [2.24, 2.45) is 0 Å². The number of hydrogen-bond donors (Lipinski definition) is 0. The molecule has 1 atom stereocenters. The number of nitrogens with zero attached hydrogens (tertiary/aromatic N) is 4. The van der Waals surface area contributed by atoms with Crippen molar-refractivity contribution in [1.29, 1.82) is 0 Å². The largest absolute Gasteiger partial charge is 0.378 e. The molecule has 24 heavy (non-hydrogen) atoms. The number of aryl methyl sites for hydroxylation is 1. The summed E-state index contributed by atoms with van der Waals surface area (Å²) in [4.78, 5) is 24.7. The number of amides is 1. The first kappa shape index (κ1) is 16.4. The molecule has 1 aliphatic heterocycles. The highest BCUT2D eigenvalue weighted by molar-refractivity contribution is 5.94. The summed E-state index contributed by atoms with van der Waals surface area (Å²) in [5, 5.41) is 0. The van der Waals surface area contributed by atoms with Gasteiger partial charge in [0.1, 0.15) is 5.82 Å². The van der Waals surface area contributed by atoms with E-state index in [2.05, 4.69) is 20.9 Å². The minimum Gasteiger partial charge on any atom is -0.378 e. The van der Waals surface area contributed by atoms with Crippen LogP contribution in [0.3, 0.4) is 0 Å². The van der Waals surface area contributed by atoms with E-state index in [1.807, 2.05) is 27.1 Å². The summed E-state index contributed by atoms with van der Waals surface area (Å²) in [6.45, 7) is 3.22. The molecule has 0 radical (unpaired) electrons. The van der Waals surface area contributed by atoms with Crippen LogP contribution in [0.25, 0.3) is 0 Å². The average molecular weight is 328 g/mol. The van der Waals surface area contributed by atoms with Gasteiger partial charge in [0.25, 0.3) is 5.91 Å². The predicted molar refractivity (Wildman–Crippen MR) is 90.8 cm³/mol. The molecule has 2 aromatic heterocycles. The van der Waals surface area contributed by atoms with Crippen LogP contribution < -0.4 is 4.90 Å². The number of halogens is 1. The van der Waals surface area contributed by atoms with Crippen molar-refractivity contribution in [1.82, 2.24) is 14.9 Å². The molecule has 1 fully saturated rings. The lowest BCUT2D eigenvalue weighted by Gasteiger charge is -2.18. The molecular formula is C18H21FN4O. The van der Waals surface area contributed by atoms with Crippen LogP contribution in [0.5, 0.6) is 0 Å². The van der Waals surface area contributed by atoms with E-state index in [0.717, 1.165) is 29.7 Å². The Morgan fingerprint density at radius 3 is 2.79 bits per heavy atom. The first-order valence-electron chi connectivity index (χ1n) is 8.00. The Labute approximate surface area is 141 Å². The van der Waals surface area contributed by atoms with Gasteiger partial charge in [0, 0.05) is 56.4 Å². The fourth-order valence-electron chi connectivity index (χ4n) is 3.04. The van der Waals surface area contributed by atoms with Crippen LogP contribution in [0.15, 0.2) is 30.6 Å². The van der Waals surface area contributed by atoms with Gasteiger partial charge in [-0.15, -0.1) is 0 Å². The van der Waals surface area contributed by atoms with E-state index in [9.17, 15) is 9.18 Å². The zero-order chi connectivity index (χ0) is 17.3. The van der Waals surface area contributed by atoms with Gasteiger partial charge < -0.3 is 9.80 Å². The molecule has 2 aromatic rings. The summed E-state index contributed by atoms with van der Waals surface area (Å²) in [6.07, 6.45) is 3.37. The molecule has 1 unspecified atom stereocenters. The van der Waals surface area contributed by atoms with E-state index in [-0.39, 0.29) is 11.8 Å².